The Morgan fingerprint density at radius 2 is 1.56 bits per heavy atom. The fraction of sp³-hybridized carbons (Fsp3) is 0.708. The van der Waals surface area contributed by atoms with Crippen molar-refractivity contribution in [3.63, 3.8) is 0 Å². The van der Waals surface area contributed by atoms with Crippen molar-refractivity contribution in [2.24, 2.45) is 4.99 Å². The topological polar surface area (TPSA) is 55.4 Å². The number of unbranched alkanes of at least 4 members (excludes halogenated alkanes) is 1. The molecule has 32 heavy (non-hydrogen) atoms. The molecule has 0 atom stereocenters. The molecule has 0 aromatic heterocycles. The van der Waals surface area contributed by atoms with E-state index in [4.69, 9.17) is 9.73 Å². The number of hydrogen-bond acceptors (Lipinski definition) is 5. The molecule has 0 bridgehead atoms. The largest absolute Gasteiger partial charge is 0.379 e. The number of benzene rings is 1. The molecule has 1 aromatic rings. The van der Waals surface area contributed by atoms with E-state index in [2.05, 4.69) is 62.6 Å². The zero-order valence-electron chi connectivity index (χ0n) is 19.8. The van der Waals surface area contributed by atoms with Gasteiger partial charge in [0.2, 0.25) is 0 Å². The lowest BCUT2D eigenvalue weighted by atomic mass is 10.2. The maximum atomic E-state index is 5.41. The number of aliphatic imine (C=N–C) groups is 1. The number of piperazine rings is 1. The number of hydrogen-bond donors (Lipinski definition) is 2. The fourth-order valence-electron chi connectivity index (χ4n) is 4.15. The van der Waals surface area contributed by atoms with E-state index in [0.717, 1.165) is 71.4 Å². The molecule has 2 fully saturated rings. The number of rotatable bonds is 11. The highest BCUT2D eigenvalue weighted by Gasteiger charge is 2.16. The van der Waals surface area contributed by atoms with Gasteiger partial charge in [-0.25, -0.2) is 0 Å². The van der Waals surface area contributed by atoms with Crippen molar-refractivity contribution in [3.8, 4) is 0 Å². The third-order valence-electron chi connectivity index (χ3n) is 6.03. The fourth-order valence-corrected chi connectivity index (χ4v) is 4.15. The van der Waals surface area contributed by atoms with Crippen molar-refractivity contribution in [1.29, 1.82) is 0 Å². The van der Waals surface area contributed by atoms with E-state index >= 15 is 0 Å². The van der Waals surface area contributed by atoms with E-state index in [0.29, 0.717) is 0 Å². The van der Waals surface area contributed by atoms with E-state index in [1.54, 1.807) is 0 Å². The summed E-state index contributed by atoms with van der Waals surface area (Å²) in [5.74, 6) is 0.949. The lowest BCUT2D eigenvalue weighted by Gasteiger charge is -2.34. The smallest absolute Gasteiger partial charge is 0.191 e. The molecule has 1 aromatic carbocycles. The molecule has 7 nitrogen and oxygen atoms in total. The highest BCUT2D eigenvalue weighted by Crippen LogP contribution is 2.09. The zero-order valence-corrected chi connectivity index (χ0v) is 22.1. The highest BCUT2D eigenvalue weighted by molar-refractivity contribution is 14.0. The Labute approximate surface area is 212 Å². The molecule has 2 saturated heterocycles. The van der Waals surface area contributed by atoms with E-state index in [-0.39, 0.29) is 24.0 Å². The maximum Gasteiger partial charge on any atom is 0.191 e. The molecule has 8 heteroatoms. The van der Waals surface area contributed by atoms with E-state index in [9.17, 15) is 0 Å². The Morgan fingerprint density at radius 1 is 0.875 bits per heavy atom. The van der Waals surface area contributed by atoms with Gasteiger partial charge in [-0.3, -0.25) is 14.8 Å². The van der Waals surface area contributed by atoms with Gasteiger partial charge in [-0.2, -0.15) is 0 Å². The second-order valence-corrected chi connectivity index (χ2v) is 8.45. The zero-order chi connectivity index (χ0) is 21.6. The molecular formula is C24H43IN6O. The molecule has 3 rings (SSSR count). The van der Waals surface area contributed by atoms with Crippen molar-refractivity contribution >= 4 is 29.9 Å². The first kappa shape index (κ1) is 27.3. The summed E-state index contributed by atoms with van der Waals surface area (Å²) < 4.78 is 5.41. The highest BCUT2D eigenvalue weighted by atomic mass is 127. The summed E-state index contributed by atoms with van der Waals surface area (Å²) in [4.78, 5) is 12.4. The van der Waals surface area contributed by atoms with Crippen molar-refractivity contribution in [2.75, 3.05) is 85.2 Å². The average molecular weight is 559 g/mol. The van der Waals surface area contributed by atoms with E-state index in [1.165, 1.54) is 44.7 Å². The lowest BCUT2D eigenvalue weighted by molar-refractivity contribution is 0.0389. The van der Waals surface area contributed by atoms with Crippen LogP contribution in [0.4, 0.5) is 0 Å². The van der Waals surface area contributed by atoms with Crippen molar-refractivity contribution in [1.82, 2.24) is 25.3 Å². The van der Waals surface area contributed by atoms with Gasteiger partial charge in [0.25, 0.3) is 0 Å². The lowest BCUT2D eigenvalue weighted by Crippen LogP contribution is -2.46. The molecule has 2 aliphatic rings. The predicted molar refractivity (Wildman–Crippen MR) is 144 cm³/mol. The van der Waals surface area contributed by atoms with Crippen molar-refractivity contribution in [3.05, 3.63) is 35.9 Å². The van der Waals surface area contributed by atoms with Crippen LogP contribution in [0.2, 0.25) is 0 Å². The minimum Gasteiger partial charge on any atom is -0.379 e. The van der Waals surface area contributed by atoms with Crippen LogP contribution in [-0.4, -0.2) is 106 Å². The molecule has 2 N–H and O–H groups in total. The van der Waals surface area contributed by atoms with Crippen LogP contribution < -0.4 is 10.6 Å². The second kappa shape index (κ2) is 16.6. The standard InChI is InChI=1S/C24H42N6O.HI/c1-2-25-24(27-11-13-29-18-20-31-21-19-29)26-10-6-7-12-28-14-16-30(17-15-28)22-23-8-4-3-5-9-23;/h3-5,8-9H,2,6-7,10-22H2,1H3,(H2,25,26,27);1H. The molecule has 0 unspecified atom stereocenters. The van der Waals surface area contributed by atoms with Gasteiger partial charge in [0.15, 0.2) is 5.96 Å². The van der Waals surface area contributed by atoms with Gasteiger partial charge in [-0.15, -0.1) is 24.0 Å². The molecule has 182 valence electrons. The predicted octanol–water partition coefficient (Wildman–Crippen LogP) is 2.09. The molecule has 2 aliphatic heterocycles. The second-order valence-electron chi connectivity index (χ2n) is 8.45. The molecule has 0 amide bonds. The number of halogens is 1. The Morgan fingerprint density at radius 3 is 2.28 bits per heavy atom. The summed E-state index contributed by atoms with van der Waals surface area (Å²) in [6.45, 7) is 16.7. The van der Waals surface area contributed by atoms with Crippen molar-refractivity contribution in [2.45, 2.75) is 26.3 Å². The third kappa shape index (κ3) is 10.8. The van der Waals surface area contributed by atoms with Crippen LogP contribution in [0.3, 0.4) is 0 Å². The monoisotopic (exact) mass is 558 g/mol. The SMILES string of the molecule is CCNC(=NCCCCN1CCN(Cc2ccccc2)CC1)NCCN1CCOCC1.I. The normalized spacial score (nSPS) is 18.8. The Hall–Kier alpha value is -0.940. The van der Waals surface area contributed by atoms with Crippen LogP contribution >= 0.6 is 24.0 Å². The van der Waals surface area contributed by atoms with Gasteiger partial charge in [0.1, 0.15) is 0 Å². The van der Waals surface area contributed by atoms with Gasteiger partial charge in [-0.05, 0) is 31.9 Å². The molecule has 0 saturated carbocycles. The summed E-state index contributed by atoms with van der Waals surface area (Å²) in [7, 11) is 0. The summed E-state index contributed by atoms with van der Waals surface area (Å²) in [6.07, 6.45) is 2.36. The minimum atomic E-state index is 0. The van der Waals surface area contributed by atoms with Crippen LogP contribution in [0.15, 0.2) is 35.3 Å². The van der Waals surface area contributed by atoms with Crippen LogP contribution in [0, 0.1) is 0 Å². The summed E-state index contributed by atoms with van der Waals surface area (Å²) in [5.41, 5.74) is 1.42. The quantitative estimate of drug-likeness (QED) is 0.188. The van der Waals surface area contributed by atoms with Gasteiger partial charge in [0.05, 0.1) is 13.2 Å². The maximum absolute atomic E-state index is 5.41. The summed E-state index contributed by atoms with van der Waals surface area (Å²) in [5, 5.41) is 6.84. The first-order valence-electron chi connectivity index (χ1n) is 12.1. The van der Waals surface area contributed by atoms with Gasteiger partial charge >= 0.3 is 0 Å². The van der Waals surface area contributed by atoms with Gasteiger partial charge in [0, 0.05) is 72.0 Å². The molecular weight excluding hydrogens is 515 g/mol. The Kier molecular flexibility index (Phi) is 14.2. The van der Waals surface area contributed by atoms with Crippen LogP contribution in [0.5, 0.6) is 0 Å². The number of ether oxygens (including phenoxy) is 1. The Balaban J connectivity index is 0.00000363. The van der Waals surface area contributed by atoms with Crippen LogP contribution in [0.1, 0.15) is 25.3 Å². The first-order chi connectivity index (χ1) is 15.3. The number of guanidine groups is 1. The number of nitrogens with one attached hydrogen (secondary N) is 2. The first-order valence-corrected chi connectivity index (χ1v) is 12.1. The van der Waals surface area contributed by atoms with Gasteiger partial charge in [-0.1, -0.05) is 30.3 Å². The molecule has 0 aliphatic carbocycles. The number of morpholine rings is 1. The molecule has 2 heterocycles. The summed E-state index contributed by atoms with van der Waals surface area (Å²) >= 11 is 0. The molecule has 0 radical (unpaired) electrons. The van der Waals surface area contributed by atoms with E-state index in [1.807, 2.05) is 0 Å². The molecule has 0 spiro atoms. The Bertz CT molecular complexity index is 618. The summed E-state index contributed by atoms with van der Waals surface area (Å²) in [6, 6.07) is 10.8. The van der Waals surface area contributed by atoms with Crippen LogP contribution in [0.25, 0.3) is 0 Å². The van der Waals surface area contributed by atoms with Crippen LogP contribution in [-0.2, 0) is 11.3 Å². The van der Waals surface area contributed by atoms with Gasteiger partial charge < -0.3 is 20.3 Å². The average Bonchev–Trinajstić information content (AvgIpc) is 2.81. The van der Waals surface area contributed by atoms with Crippen molar-refractivity contribution < 1.29 is 4.74 Å². The minimum absolute atomic E-state index is 0. The number of nitrogens with zero attached hydrogens (tertiary/aromatic N) is 4. The third-order valence-corrected chi connectivity index (χ3v) is 6.03. The van der Waals surface area contributed by atoms with E-state index < -0.39 is 0 Å².